The maximum atomic E-state index is 5.65. The Hall–Kier alpha value is -0.0400. The third-order valence-electron chi connectivity index (χ3n) is 2.14. The van der Waals surface area contributed by atoms with Crippen LogP contribution < -0.4 is 5.73 Å². The fourth-order valence-corrected chi connectivity index (χ4v) is 1.43. The van der Waals surface area contributed by atoms with Crippen molar-refractivity contribution in [3.05, 3.63) is 0 Å². The lowest BCUT2D eigenvalue weighted by molar-refractivity contribution is 0.449. The zero-order valence-electron chi connectivity index (χ0n) is 8.27. The first-order chi connectivity index (χ1) is 5.16. The molecule has 0 amide bonds. The molecular formula is C10H23N. The van der Waals surface area contributed by atoms with Gasteiger partial charge in [-0.25, -0.2) is 0 Å². The molecule has 0 radical (unpaired) electrons. The minimum absolute atomic E-state index is 0.392. The molecule has 1 nitrogen and oxygen atoms in total. The second-order valence-electron chi connectivity index (χ2n) is 3.80. The Morgan fingerprint density at radius 1 is 1.09 bits per heavy atom. The van der Waals surface area contributed by atoms with Gasteiger partial charge in [0.05, 0.1) is 0 Å². The molecule has 0 heterocycles. The number of nitrogens with two attached hydrogens (primary N) is 1. The zero-order chi connectivity index (χ0) is 8.69. The van der Waals surface area contributed by atoms with Gasteiger partial charge < -0.3 is 5.73 Å². The third kappa shape index (κ3) is 7.86. The van der Waals surface area contributed by atoms with Crippen LogP contribution in [-0.4, -0.2) is 6.04 Å². The molecule has 0 aromatic carbocycles. The Bertz CT molecular complexity index is 78.9. The molecular weight excluding hydrogens is 134 g/mol. The van der Waals surface area contributed by atoms with Crippen LogP contribution in [0.5, 0.6) is 0 Å². The summed E-state index contributed by atoms with van der Waals surface area (Å²) < 4.78 is 0. The fourth-order valence-electron chi connectivity index (χ4n) is 1.43. The quantitative estimate of drug-likeness (QED) is 0.630. The summed E-state index contributed by atoms with van der Waals surface area (Å²) >= 11 is 0. The van der Waals surface area contributed by atoms with Crippen LogP contribution in [-0.2, 0) is 0 Å². The second kappa shape index (κ2) is 6.66. The van der Waals surface area contributed by atoms with Gasteiger partial charge in [0, 0.05) is 6.04 Å². The Morgan fingerprint density at radius 3 is 2.18 bits per heavy atom. The van der Waals surface area contributed by atoms with E-state index in [2.05, 4.69) is 20.8 Å². The van der Waals surface area contributed by atoms with Crippen molar-refractivity contribution in [1.29, 1.82) is 0 Å². The van der Waals surface area contributed by atoms with Gasteiger partial charge in [-0.1, -0.05) is 39.5 Å². The van der Waals surface area contributed by atoms with Gasteiger partial charge >= 0.3 is 0 Å². The van der Waals surface area contributed by atoms with E-state index in [1.54, 1.807) is 0 Å². The highest BCUT2D eigenvalue weighted by Gasteiger charge is 2.00. The molecule has 2 atom stereocenters. The van der Waals surface area contributed by atoms with Crippen LogP contribution in [0.15, 0.2) is 0 Å². The average Bonchev–Trinajstić information content (AvgIpc) is 1.87. The molecule has 68 valence electrons. The molecule has 0 fully saturated rings. The summed E-state index contributed by atoms with van der Waals surface area (Å²) in [6, 6.07) is 0.392. The second-order valence-corrected chi connectivity index (χ2v) is 3.80. The van der Waals surface area contributed by atoms with Crippen LogP contribution in [0.1, 0.15) is 52.9 Å². The summed E-state index contributed by atoms with van der Waals surface area (Å²) in [4.78, 5) is 0. The van der Waals surface area contributed by atoms with E-state index < -0.39 is 0 Å². The number of rotatable bonds is 6. The first-order valence-electron chi connectivity index (χ1n) is 4.92. The molecule has 0 saturated heterocycles. The first kappa shape index (κ1) is 11.0. The minimum atomic E-state index is 0.392. The Morgan fingerprint density at radius 2 is 1.73 bits per heavy atom. The van der Waals surface area contributed by atoms with Gasteiger partial charge in [-0.05, 0) is 19.3 Å². The maximum Gasteiger partial charge on any atom is 0.00104 e. The topological polar surface area (TPSA) is 26.0 Å². The minimum Gasteiger partial charge on any atom is -0.328 e. The Labute approximate surface area is 71.4 Å². The molecule has 0 saturated carbocycles. The van der Waals surface area contributed by atoms with Crippen LogP contribution in [0.4, 0.5) is 0 Å². The van der Waals surface area contributed by atoms with E-state index in [9.17, 15) is 0 Å². The molecule has 2 N–H and O–H groups in total. The first-order valence-corrected chi connectivity index (χ1v) is 4.92. The average molecular weight is 157 g/mol. The van der Waals surface area contributed by atoms with Gasteiger partial charge in [-0.2, -0.15) is 0 Å². The summed E-state index contributed by atoms with van der Waals surface area (Å²) in [6.45, 7) is 6.68. The maximum absolute atomic E-state index is 5.65. The molecule has 11 heavy (non-hydrogen) atoms. The number of hydrogen-bond donors (Lipinski definition) is 1. The van der Waals surface area contributed by atoms with Crippen molar-refractivity contribution in [2.24, 2.45) is 11.7 Å². The lowest BCUT2D eigenvalue weighted by atomic mass is 9.98. The van der Waals surface area contributed by atoms with Gasteiger partial charge in [0.15, 0.2) is 0 Å². The third-order valence-corrected chi connectivity index (χ3v) is 2.14. The highest BCUT2D eigenvalue weighted by atomic mass is 14.6. The smallest absolute Gasteiger partial charge is 0.00104 e. The lowest BCUT2D eigenvalue weighted by Crippen LogP contribution is -2.14. The highest BCUT2D eigenvalue weighted by molar-refractivity contribution is 4.57. The molecule has 0 bridgehead atoms. The standard InChI is InChI=1S/C10H23N/c1-4-6-9(2)7-5-8-10(3)11/h9-10H,4-8,11H2,1-3H3/t9-,10-/m1/s1. The summed E-state index contributed by atoms with van der Waals surface area (Å²) in [5.74, 6) is 0.902. The van der Waals surface area contributed by atoms with E-state index in [0.717, 1.165) is 5.92 Å². The van der Waals surface area contributed by atoms with E-state index in [-0.39, 0.29) is 0 Å². The van der Waals surface area contributed by atoms with Gasteiger partial charge in [0.25, 0.3) is 0 Å². The molecule has 0 aliphatic carbocycles. The predicted molar refractivity (Wildman–Crippen MR) is 51.6 cm³/mol. The van der Waals surface area contributed by atoms with Crippen molar-refractivity contribution in [3.8, 4) is 0 Å². The number of hydrogen-bond acceptors (Lipinski definition) is 1. The van der Waals surface area contributed by atoms with Gasteiger partial charge in [-0.15, -0.1) is 0 Å². The fraction of sp³-hybridized carbons (Fsp3) is 1.00. The summed E-state index contributed by atoms with van der Waals surface area (Å²) in [5, 5.41) is 0. The van der Waals surface area contributed by atoms with Crippen molar-refractivity contribution in [2.45, 2.75) is 58.9 Å². The van der Waals surface area contributed by atoms with E-state index in [1.807, 2.05) is 0 Å². The van der Waals surface area contributed by atoms with Gasteiger partial charge in [0.1, 0.15) is 0 Å². The highest BCUT2D eigenvalue weighted by Crippen LogP contribution is 2.13. The van der Waals surface area contributed by atoms with Crippen molar-refractivity contribution in [3.63, 3.8) is 0 Å². The normalized spacial score (nSPS) is 16.4. The van der Waals surface area contributed by atoms with Crippen molar-refractivity contribution >= 4 is 0 Å². The van der Waals surface area contributed by atoms with Crippen molar-refractivity contribution in [2.75, 3.05) is 0 Å². The Balaban J connectivity index is 3.10. The van der Waals surface area contributed by atoms with Crippen molar-refractivity contribution < 1.29 is 0 Å². The van der Waals surface area contributed by atoms with Crippen LogP contribution >= 0.6 is 0 Å². The largest absolute Gasteiger partial charge is 0.328 e. The van der Waals surface area contributed by atoms with Crippen LogP contribution in [0.2, 0.25) is 0 Å². The monoisotopic (exact) mass is 157 g/mol. The van der Waals surface area contributed by atoms with Crippen LogP contribution in [0, 0.1) is 5.92 Å². The van der Waals surface area contributed by atoms with E-state index in [1.165, 1.54) is 32.1 Å². The Kier molecular flexibility index (Phi) is 6.63. The summed E-state index contributed by atoms with van der Waals surface area (Å²) in [7, 11) is 0. The van der Waals surface area contributed by atoms with Gasteiger partial charge in [-0.3, -0.25) is 0 Å². The van der Waals surface area contributed by atoms with E-state index >= 15 is 0 Å². The van der Waals surface area contributed by atoms with Gasteiger partial charge in [0.2, 0.25) is 0 Å². The molecule has 0 unspecified atom stereocenters. The molecule has 0 rings (SSSR count). The zero-order valence-corrected chi connectivity index (χ0v) is 8.27. The lowest BCUT2D eigenvalue weighted by Gasteiger charge is -2.10. The molecule has 0 aromatic rings. The van der Waals surface area contributed by atoms with E-state index in [4.69, 9.17) is 5.73 Å². The van der Waals surface area contributed by atoms with Crippen LogP contribution in [0.3, 0.4) is 0 Å². The predicted octanol–water partition coefficient (Wildman–Crippen LogP) is 2.94. The van der Waals surface area contributed by atoms with Crippen LogP contribution in [0.25, 0.3) is 0 Å². The molecule has 0 aromatic heterocycles. The van der Waals surface area contributed by atoms with E-state index in [0.29, 0.717) is 6.04 Å². The SMILES string of the molecule is CCC[C@@H](C)CCC[C@@H](C)N. The molecule has 0 spiro atoms. The molecule has 0 aliphatic rings. The summed E-state index contributed by atoms with van der Waals surface area (Å²) in [5.41, 5.74) is 5.65. The van der Waals surface area contributed by atoms with Crippen molar-refractivity contribution in [1.82, 2.24) is 0 Å². The molecule has 0 aliphatic heterocycles. The molecule has 1 heteroatoms. The summed E-state index contributed by atoms with van der Waals surface area (Å²) in [6.07, 6.45) is 6.54.